The molecule has 3 rings (SSSR count). The van der Waals surface area contributed by atoms with Gasteiger partial charge in [0.1, 0.15) is 12.1 Å². The number of carbonyl (C=O) groups is 2. The van der Waals surface area contributed by atoms with Crippen LogP contribution in [0.1, 0.15) is 12.1 Å². The number of oxazole rings is 1. The van der Waals surface area contributed by atoms with Crippen LogP contribution in [0.5, 0.6) is 0 Å². The lowest BCUT2D eigenvalue weighted by molar-refractivity contribution is -0.128. The summed E-state index contributed by atoms with van der Waals surface area (Å²) < 4.78 is 18.3. The molecule has 0 bridgehead atoms. The van der Waals surface area contributed by atoms with Crippen LogP contribution in [0.25, 0.3) is 11.5 Å². The number of aromatic nitrogens is 1. The maximum Gasteiger partial charge on any atom is 0.226 e. The first kappa shape index (κ1) is 16.2. The molecule has 7 heteroatoms. The van der Waals surface area contributed by atoms with E-state index in [-0.39, 0.29) is 30.0 Å². The summed E-state index contributed by atoms with van der Waals surface area (Å²) in [7, 11) is 1.70. The summed E-state index contributed by atoms with van der Waals surface area (Å²) in [5.41, 5.74) is 1.40. The average Bonchev–Trinajstić information content (AvgIpc) is 3.16. The fourth-order valence-corrected chi connectivity index (χ4v) is 2.64. The minimum absolute atomic E-state index is 0.00408. The molecule has 6 nitrogen and oxygen atoms in total. The normalized spacial score (nSPS) is 17.3. The Kier molecular flexibility index (Phi) is 4.59. The zero-order valence-corrected chi connectivity index (χ0v) is 13.3. The predicted molar refractivity (Wildman–Crippen MR) is 84.4 cm³/mol. The van der Waals surface area contributed by atoms with E-state index in [1.165, 1.54) is 18.4 Å². The van der Waals surface area contributed by atoms with E-state index in [9.17, 15) is 14.0 Å². The monoisotopic (exact) mass is 331 g/mol. The van der Waals surface area contributed by atoms with E-state index in [1.807, 2.05) is 0 Å². The maximum atomic E-state index is 12.9. The molecule has 1 atom stereocenters. The van der Waals surface area contributed by atoms with Crippen molar-refractivity contribution in [1.82, 2.24) is 15.2 Å². The molecular formula is C17H18FN3O3. The first-order valence-corrected chi connectivity index (χ1v) is 7.75. The first-order valence-electron chi connectivity index (χ1n) is 7.75. The van der Waals surface area contributed by atoms with Crippen LogP contribution in [0, 0.1) is 11.7 Å². The highest BCUT2D eigenvalue weighted by Gasteiger charge is 2.31. The highest BCUT2D eigenvalue weighted by molar-refractivity contribution is 5.89. The van der Waals surface area contributed by atoms with Gasteiger partial charge in [-0.25, -0.2) is 9.37 Å². The molecule has 126 valence electrons. The summed E-state index contributed by atoms with van der Waals surface area (Å²) >= 11 is 0. The Morgan fingerprint density at radius 2 is 2.17 bits per heavy atom. The molecule has 0 unspecified atom stereocenters. The Morgan fingerprint density at radius 1 is 1.42 bits per heavy atom. The Morgan fingerprint density at radius 3 is 2.83 bits per heavy atom. The topological polar surface area (TPSA) is 75.4 Å². The van der Waals surface area contributed by atoms with Crippen molar-refractivity contribution in [2.75, 3.05) is 20.1 Å². The number of halogens is 1. The Labute approximate surface area is 138 Å². The minimum atomic E-state index is -0.315. The van der Waals surface area contributed by atoms with Crippen molar-refractivity contribution >= 4 is 11.8 Å². The predicted octanol–water partition coefficient (Wildman–Crippen LogP) is 1.62. The zero-order valence-electron chi connectivity index (χ0n) is 13.3. The second-order valence-electron chi connectivity index (χ2n) is 5.87. The number of benzene rings is 1. The summed E-state index contributed by atoms with van der Waals surface area (Å²) in [6.45, 7) is 0.881. The third kappa shape index (κ3) is 3.61. The molecule has 0 saturated carbocycles. The van der Waals surface area contributed by atoms with Gasteiger partial charge in [0.2, 0.25) is 17.7 Å². The van der Waals surface area contributed by atoms with Crippen LogP contribution in [0.4, 0.5) is 4.39 Å². The third-order valence-corrected chi connectivity index (χ3v) is 4.04. The van der Waals surface area contributed by atoms with Crippen molar-refractivity contribution in [3.63, 3.8) is 0 Å². The molecule has 2 aromatic rings. The van der Waals surface area contributed by atoms with Crippen LogP contribution < -0.4 is 5.32 Å². The van der Waals surface area contributed by atoms with Gasteiger partial charge >= 0.3 is 0 Å². The van der Waals surface area contributed by atoms with Crippen LogP contribution in [0.3, 0.4) is 0 Å². The van der Waals surface area contributed by atoms with E-state index in [2.05, 4.69) is 10.3 Å². The molecule has 1 aromatic carbocycles. The van der Waals surface area contributed by atoms with Crippen molar-refractivity contribution in [1.29, 1.82) is 0 Å². The molecule has 1 saturated heterocycles. The standard InChI is InChI=1S/C17H18FN3O3/c1-21-9-12(8-15(21)22)16(23)19-7-6-14-10-24-17(20-14)11-2-4-13(18)5-3-11/h2-5,10,12H,6-9H2,1H3,(H,19,23)/t12-/m0/s1. The fraction of sp³-hybridized carbons (Fsp3) is 0.353. The molecule has 1 N–H and O–H groups in total. The van der Waals surface area contributed by atoms with Crippen molar-refractivity contribution in [2.45, 2.75) is 12.8 Å². The highest BCUT2D eigenvalue weighted by Crippen LogP contribution is 2.19. The molecule has 1 aliphatic rings. The Bertz CT molecular complexity index is 742. The van der Waals surface area contributed by atoms with Gasteiger partial charge in [-0.2, -0.15) is 0 Å². The SMILES string of the molecule is CN1C[C@@H](C(=O)NCCc2coc(-c3ccc(F)cc3)n2)CC1=O. The van der Waals surface area contributed by atoms with Gasteiger partial charge in [0, 0.05) is 38.5 Å². The highest BCUT2D eigenvalue weighted by atomic mass is 19.1. The van der Waals surface area contributed by atoms with Crippen LogP contribution in [0.2, 0.25) is 0 Å². The van der Waals surface area contributed by atoms with E-state index < -0.39 is 0 Å². The number of likely N-dealkylation sites (tertiary alicyclic amines) is 1. The number of hydrogen-bond acceptors (Lipinski definition) is 4. The lowest BCUT2D eigenvalue weighted by atomic mass is 10.1. The molecule has 0 radical (unpaired) electrons. The molecule has 24 heavy (non-hydrogen) atoms. The molecule has 1 aliphatic heterocycles. The number of rotatable bonds is 5. The van der Waals surface area contributed by atoms with Crippen molar-refractivity contribution in [3.8, 4) is 11.5 Å². The van der Waals surface area contributed by atoms with E-state index in [4.69, 9.17) is 4.42 Å². The van der Waals surface area contributed by atoms with Crippen molar-refractivity contribution in [3.05, 3.63) is 42.0 Å². The average molecular weight is 331 g/mol. The molecule has 2 amide bonds. The van der Waals surface area contributed by atoms with Gasteiger partial charge in [-0.15, -0.1) is 0 Å². The lowest BCUT2D eigenvalue weighted by Gasteiger charge is -2.10. The van der Waals surface area contributed by atoms with Crippen LogP contribution >= 0.6 is 0 Å². The number of nitrogens with zero attached hydrogens (tertiary/aromatic N) is 2. The van der Waals surface area contributed by atoms with Gasteiger partial charge < -0.3 is 14.6 Å². The fourth-order valence-electron chi connectivity index (χ4n) is 2.64. The summed E-state index contributed by atoms with van der Waals surface area (Å²) in [5, 5.41) is 2.82. The first-order chi connectivity index (χ1) is 11.5. The van der Waals surface area contributed by atoms with Crippen LogP contribution in [-0.2, 0) is 16.0 Å². The molecule has 0 spiro atoms. The van der Waals surface area contributed by atoms with Gasteiger partial charge in [-0.05, 0) is 24.3 Å². The number of carbonyl (C=O) groups excluding carboxylic acids is 2. The van der Waals surface area contributed by atoms with Gasteiger partial charge in [-0.1, -0.05) is 0 Å². The second-order valence-corrected chi connectivity index (χ2v) is 5.87. The number of hydrogen-bond donors (Lipinski definition) is 1. The Balaban J connectivity index is 1.50. The maximum absolute atomic E-state index is 12.9. The van der Waals surface area contributed by atoms with Gasteiger partial charge in [0.25, 0.3) is 0 Å². The van der Waals surface area contributed by atoms with Crippen LogP contribution in [-0.4, -0.2) is 41.8 Å². The minimum Gasteiger partial charge on any atom is -0.444 e. The van der Waals surface area contributed by atoms with Gasteiger partial charge in [-0.3, -0.25) is 9.59 Å². The molecule has 0 aliphatic carbocycles. The van der Waals surface area contributed by atoms with E-state index in [1.54, 1.807) is 24.1 Å². The number of amides is 2. The second kappa shape index (κ2) is 6.82. The quantitative estimate of drug-likeness (QED) is 0.903. The van der Waals surface area contributed by atoms with Crippen molar-refractivity contribution < 1.29 is 18.4 Å². The van der Waals surface area contributed by atoms with E-state index in [0.717, 1.165) is 0 Å². The summed E-state index contributed by atoms with van der Waals surface area (Å²) in [5.74, 6) is -0.302. The summed E-state index contributed by atoms with van der Waals surface area (Å²) in [6, 6.07) is 5.89. The molecular weight excluding hydrogens is 313 g/mol. The largest absolute Gasteiger partial charge is 0.444 e. The third-order valence-electron chi connectivity index (χ3n) is 4.04. The molecule has 2 heterocycles. The molecule has 1 fully saturated rings. The summed E-state index contributed by atoms with van der Waals surface area (Å²) in [6.07, 6.45) is 2.31. The smallest absolute Gasteiger partial charge is 0.226 e. The van der Waals surface area contributed by atoms with Gasteiger partial charge in [0.15, 0.2) is 0 Å². The van der Waals surface area contributed by atoms with Gasteiger partial charge in [0.05, 0.1) is 11.6 Å². The number of nitrogens with one attached hydrogen (secondary N) is 1. The van der Waals surface area contributed by atoms with E-state index in [0.29, 0.717) is 36.7 Å². The van der Waals surface area contributed by atoms with Crippen LogP contribution in [0.15, 0.2) is 34.9 Å². The Hall–Kier alpha value is -2.70. The lowest BCUT2D eigenvalue weighted by Crippen LogP contribution is -2.33. The summed E-state index contributed by atoms with van der Waals surface area (Å²) in [4.78, 5) is 29.4. The van der Waals surface area contributed by atoms with Crippen molar-refractivity contribution in [2.24, 2.45) is 5.92 Å². The van der Waals surface area contributed by atoms with E-state index >= 15 is 0 Å². The zero-order chi connectivity index (χ0) is 17.1. The molecule has 1 aromatic heterocycles.